The Kier molecular flexibility index (Phi) is 7.49. The topological polar surface area (TPSA) is 168 Å². The molecule has 0 radical (unpaired) electrons. The monoisotopic (exact) mass is 525 g/mol. The fourth-order valence-corrected chi connectivity index (χ4v) is 3.79. The van der Waals surface area contributed by atoms with Crippen LogP contribution < -0.4 is 15.1 Å². The van der Waals surface area contributed by atoms with Crippen molar-refractivity contribution in [3.05, 3.63) is 51.8 Å². The predicted octanol–water partition coefficient (Wildman–Crippen LogP) is 0.794. The summed E-state index contributed by atoms with van der Waals surface area (Å²) in [5.41, 5.74) is -0.444. The van der Waals surface area contributed by atoms with Crippen LogP contribution in [0, 0.1) is 21.7 Å². The first-order chi connectivity index (χ1) is 17.7. The minimum atomic E-state index is -0.949. The molecule has 4 rings (SSSR count). The molecule has 1 aromatic heterocycles. The van der Waals surface area contributed by atoms with Gasteiger partial charge >= 0.3 is 12.0 Å². The molecule has 14 nitrogen and oxygen atoms in total. The molecule has 0 spiro atoms. The average molecular weight is 525 g/mol. The summed E-state index contributed by atoms with van der Waals surface area (Å²) >= 11 is 0. The van der Waals surface area contributed by atoms with Crippen LogP contribution in [0.15, 0.2) is 28.7 Å². The van der Waals surface area contributed by atoms with Gasteiger partial charge in [0.05, 0.1) is 44.6 Å². The highest BCUT2D eigenvalue weighted by atomic mass is 19.1. The van der Waals surface area contributed by atoms with Crippen molar-refractivity contribution in [2.24, 2.45) is 0 Å². The van der Waals surface area contributed by atoms with E-state index in [2.05, 4.69) is 5.32 Å². The zero-order chi connectivity index (χ0) is 26.7. The Morgan fingerprint density at radius 3 is 2.54 bits per heavy atom. The number of ether oxygens (including phenoxy) is 1. The van der Waals surface area contributed by atoms with E-state index in [1.165, 1.54) is 4.90 Å². The van der Waals surface area contributed by atoms with E-state index in [0.717, 1.165) is 34.2 Å². The van der Waals surface area contributed by atoms with Crippen LogP contribution in [0.2, 0.25) is 0 Å². The summed E-state index contributed by atoms with van der Waals surface area (Å²) in [6.45, 7) is -1.21. The molecule has 2 aliphatic rings. The van der Waals surface area contributed by atoms with Crippen molar-refractivity contribution in [1.29, 1.82) is 0 Å². The Bertz CT molecular complexity index is 1200. The van der Waals surface area contributed by atoms with Gasteiger partial charge in [-0.15, -0.1) is 0 Å². The molecule has 2 saturated heterocycles. The highest BCUT2D eigenvalue weighted by Crippen LogP contribution is 2.31. The lowest BCUT2D eigenvalue weighted by atomic mass is 10.2. The number of carbonyl (C=O) groups is 3. The number of carbonyl (C=O) groups excluding carboxylic acids is 3. The summed E-state index contributed by atoms with van der Waals surface area (Å²) in [4.78, 5) is 54.0. The van der Waals surface area contributed by atoms with Crippen molar-refractivity contribution >= 4 is 35.2 Å². The number of nitrogens with zero attached hydrogens (tertiary/aromatic N) is 4. The summed E-state index contributed by atoms with van der Waals surface area (Å²) in [6, 6.07) is 4.03. The molecule has 0 bridgehead atoms. The first-order valence-electron chi connectivity index (χ1n) is 11.0. The van der Waals surface area contributed by atoms with Crippen molar-refractivity contribution in [3.63, 3.8) is 0 Å². The highest BCUT2D eigenvalue weighted by Gasteiger charge is 2.33. The van der Waals surface area contributed by atoms with E-state index in [-0.39, 0.29) is 49.9 Å². The van der Waals surface area contributed by atoms with Crippen LogP contribution in [0.4, 0.5) is 30.8 Å². The van der Waals surface area contributed by atoms with E-state index in [1.807, 2.05) is 0 Å². The Hall–Kier alpha value is -4.31. The van der Waals surface area contributed by atoms with Gasteiger partial charge in [0.1, 0.15) is 16.7 Å². The molecule has 2 aliphatic heterocycles. The number of hydroxylamine groups is 2. The molecule has 0 unspecified atom stereocenters. The summed E-state index contributed by atoms with van der Waals surface area (Å²) in [5.74, 6) is -4.40. The van der Waals surface area contributed by atoms with E-state index in [9.17, 15) is 33.3 Å². The molecule has 0 saturated carbocycles. The smallest absolute Gasteiger partial charge is 0.433 e. The normalized spacial score (nSPS) is 18.0. The maximum Gasteiger partial charge on any atom is 0.433 e. The van der Waals surface area contributed by atoms with Crippen molar-refractivity contribution in [3.8, 4) is 0 Å². The molecular formula is C21H21F2N5O9. The van der Waals surface area contributed by atoms with Crippen molar-refractivity contribution in [1.82, 2.24) is 10.4 Å². The number of hydrogen-bond donors (Lipinski definition) is 2. The molecule has 3 heterocycles. The molecule has 0 aliphatic carbocycles. The average Bonchev–Trinajstić information content (AvgIpc) is 3.43. The van der Waals surface area contributed by atoms with Gasteiger partial charge in [-0.2, -0.15) is 0 Å². The highest BCUT2D eigenvalue weighted by molar-refractivity contribution is 5.94. The minimum Gasteiger partial charge on any atom is -0.441 e. The minimum absolute atomic E-state index is 0.0183. The van der Waals surface area contributed by atoms with Gasteiger partial charge in [0.25, 0.3) is 11.8 Å². The molecule has 16 heteroatoms. The second-order valence-electron chi connectivity index (χ2n) is 7.95. The molecular weight excluding hydrogens is 504 g/mol. The quantitative estimate of drug-likeness (QED) is 0.390. The van der Waals surface area contributed by atoms with Gasteiger partial charge in [-0.25, -0.2) is 18.6 Å². The fourth-order valence-electron chi connectivity index (χ4n) is 3.79. The van der Waals surface area contributed by atoms with Crippen LogP contribution in [0.3, 0.4) is 0 Å². The van der Waals surface area contributed by atoms with E-state index >= 15 is 0 Å². The number of halogens is 2. The number of nitrogens with one attached hydrogen (secondary N) is 1. The van der Waals surface area contributed by atoms with Gasteiger partial charge in [-0.05, 0) is 6.07 Å². The molecule has 2 fully saturated rings. The standard InChI is InChI=1S/C21H21F2N5O9/c22-14-7-12(26-10-13(11-29)36-21(26)32)8-15(23)19(14)25-3-4-27(35-6-5-25)17(30)9-24-20(31)16-1-2-18(37-16)28(33)34/h1-2,7-8,13,29H,3-6,9-11H2,(H,24,31)/t13-/m1/s1. The number of rotatable bonds is 7. The van der Waals surface area contributed by atoms with Crippen LogP contribution in [0.25, 0.3) is 0 Å². The van der Waals surface area contributed by atoms with E-state index in [1.54, 1.807) is 0 Å². The van der Waals surface area contributed by atoms with Gasteiger partial charge in [0.2, 0.25) is 0 Å². The molecule has 2 N–H and O–H groups in total. The van der Waals surface area contributed by atoms with Gasteiger partial charge in [-0.1, -0.05) is 0 Å². The molecule has 1 atom stereocenters. The second kappa shape index (κ2) is 10.8. The van der Waals surface area contributed by atoms with Gasteiger partial charge in [0.15, 0.2) is 17.4 Å². The molecule has 2 aromatic rings. The predicted molar refractivity (Wildman–Crippen MR) is 119 cm³/mol. The van der Waals surface area contributed by atoms with E-state index in [0.29, 0.717) is 0 Å². The van der Waals surface area contributed by atoms with E-state index in [4.69, 9.17) is 19.1 Å². The van der Waals surface area contributed by atoms with Crippen molar-refractivity contribution in [2.45, 2.75) is 6.10 Å². The Morgan fingerprint density at radius 2 is 1.92 bits per heavy atom. The van der Waals surface area contributed by atoms with Crippen LogP contribution in [-0.4, -0.2) is 85.0 Å². The van der Waals surface area contributed by atoms with E-state index < -0.39 is 59.6 Å². The zero-order valence-corrected chi connectivity index (χ0v) is 19.1. The number of cyclic esters (lactones) is 1. The number of aliphatic hydroxyl groups is 1. The molecule has 198 valence electrons. The maximum absolute atomic E-state index is 14.9. The Labute approximate surface area is 207 Å². The van der Waals surface area contributed by atoms with Gasteiger partial charge in [0, 0.05) is 25.2 Å². The summed E-state index contributed by atoms with van der Waals surface area (Å²) in [7, 11) is 0. The lowest BCUT2D eigenvalue weighted by molar-refractivity contribution is -0.402. The van der Waals surface area contributed by atoms with Gasteiger partial charge in [-0.3, -0.25) is 29.4 Å². The zero-order valence-electron chi connectivity index (χ0n) is 19.1. The van der Waals surface area contributed by atoms with Crippen molar-refractivity contribution < 1.29 is 47.2 Å². The second-order valence-corrected chi connectivity index (χ2v) is 7.95. The number of hydrogen-bond acceptors (Lipinski definition) is 10. The first-order valence-corrected chi connectivity index (χ1v) is 11.0. The summed E-state index contributed by atoms with van der Waals surface area (Å²) in [5, 5.41) is 23.0. The number of anilines is 2. The third kappa shape index (κ3) is 5.59. The number of amides is 3. The molecule has 37 heavy (non-hydrogen) atoms. The molecule has 3 amide bonds. The lowest BCUT2D eigenvalue weighted by Crippen LogP contribution is -2.41. The largest absolute Gasteiger partial charge is 0.441 e. The number of furan rings is 1. The van der Waals surface area contributed by atoms with Crippen LogP contribution >= 0.6 is 0 Å². The number of nitro groups is 1. The SMILES string of the molecule is O=C(NCC(=O)N1CCN(c2c(F)cc(N3C[C@H](CO)OC3=O)cc2F)CCO1)c1ccc([N+](=O)[O-])o1. The third-order valence-corrected chi connectivity index (χ3v) is 5.56. The lowest BCUT2D eigenvalue weighted by Gasteiger charge is -2.24. The Morgan fingerprint density at radius 1 is 1.19 bits per heavy atom. The fraction of sp³-hybridized carbons (Fsp3) is 0.381. The number of benzene rings is 1. The van der Waals surface area contributed by atoms with Crippen LogP contribution in [0.5, 0.6) is 0 Å². The number of aliphatic hydroxyl groups excluding tert-OH is 1. The first kappa shape index (κ1) is 25.8. The summed E-state index contributed by atoms with van der Waals surface area (Å²) < 4.78 is 39.5. The maximum atomic E-state index is 14.9. The Balaban J connectivity index is 1.36. The third-order valence-electron chi connectivity index (χ3n) is 5.56. The molecule has 1 aromatic carbocycles. The summed E-state index contributed by atoms with van der Waals surface area (Å²) in [6.07, 6.45) is -1.63. The van der Waals surface area contributed by atoms with Crippen LogP contribution in [0.1, 0.15) is 10.6 Å². The van der Waals surface area contributed by atoms with Crippen molar-refractivity contribution in [2.75, 3.05) is 55.7 Å². The van der Waals surface area contributed by atoms with Gasteiger partial charge < -0.3 is 24.5 Å². The van der Waals surface area contributed by atoms with Crippen LogP contribution in [-0.2, 0) is 14.4 Å².